The van der Waals surface area contributed by atoms with Gasteiger partial charge in [-0.15, -0.1) is 0 Å². The molecule has 0 aliphatic rings. The molecule has 5 nitrogen and oxygen atoms in total. The molecular formula is C9H15NO4. The number of aliphatic hydroxyl groups is 1. The van der Waals surface area contributed by atoms with Gasteiger partial charge in [0.1, 0.15) is 0 Å². The number of aliphatic carboxylic acids is 1. The zero-order chi connectivity index (χ0) is 11.1. The van der Waals surface area contributed by atoms with E-state index in [1.165, 1.54) is 0 Å². The number of hydrogen-bond donors (Lipinski definition) is 3. The fraction of sp³-hybridized carbons (Fsp3) is 0.556. The lowest BCUT2D eigenvalue weighted by atomic mass is 10.1. The molecule has 0 unspecified atom stereocenters. The van der Waals surface area contributed by atoms with E-state index in [9.17, 15) is 9.59 Å². The van der Waals surface area contributed by atoms with Crippen molar-refractivity contribution in [3.8, 4) is 0 Å². The van der Waals surface area contributed by atoms with Gasteiger partial charge >= 0.3 is 5.97 Å². The van der Waals surface area contributed by atoms with Crippen LogP contribution in [0.3, 0.4) is 0 Å². The third kappa shape index (κ3) is 5.31. The summed E-state index contributed by atoms with van der Waals surface area (Å²) < 4.78 is 0. The van der Waals surface area contributed by atoms with Gasteiger partial charge in [0.2, 0.25) is 5.91 Å². The summed E-state index contributed by atoms with van der Waals surface area (Å²) in [6, 6.07) is -0.346. The van der Waals surface area contributed by atoms with Crippen LogP contribution in [0.1, 0.15) is 13.8 Å². The summed E-state index contributed by atoms with van der Waals surface area (Å²) in [4.78, 5) is 21.1. The summed E-state index contributed by atoms with van der Waals surface area (Å²) >= 11 is 0. The van der Waals surface area contributed by atoms with Crippen LogP contribution in [-0.2, 0) is 9.59 Å². The Kier molecular flexibility index (Phi) is 5.55. The van der Waals surface area contributed by atoms with Gasteiger partial charge in [0.05, 0.1) is 12.6 Å². The molecule has 0 aromatic heterocycles. The minimum atomic E-state index is -1.18. The molecule has 0 aliphatic heterocycles. The van der Waals surface area contributed by atoms with Gasteiger partial charge in [-0.1, -0.05) is 13.8 Å². The van der Waals surface area contributed by atoms with Gasteiger partial charge in [0.25, 0.3) is 0 Å². The van der Waals surface area contributed by atoms with E-state index in [1.54, 1.807) is 0 Å². The largest absolute Gasteiger partial charge is 0.478 e. The standard InChI is InChI=1S/C9H15NO4/c1-6(2)7(5-11)10-8(12)3-4-9(13)14/h3-4,6-7,11H,5H2,1-2H3,(H,10,12)(H,13,14)/t7-/m1/s1. The zero-order valence-electron chi connectivity index (χ0n) is 8.23. The second-order valence-corrected chi connectivity index (χ2v) is 3.21. The molecule has 3 N–H and O–H groups in total. The van der Waals surface area contributed by atoms with Gasteiger partial charge in [-0.3, -0.25) is 4.79 Å². The fourth-order valence-electron chi connectivity index (χ4n) is 0.801. The van der Waals surface area contributed by atoms with Gasteiger partial charge < -0.3 is 15.5 Å². The Bertz CT molecular complexity index is 235. The zero-order valence-corrected chi connectivity index (χ0v) is 8.23. The van der Waals surface area contributed by atoms with Crippen molar-refractivity contribution in [2.45, 2.75) is 19.9 Å². The second-order valence-electron chi connectivity index (χ2n) is 3.21. The lowest BCUT2D eigenvalue weighted by Crippen LogP contribution is -2.40. The third-order valence-corrected chi connectivity index (χ3v) is 1.71. The number of carbonyl (C=O) groups is 2. The molecule has 80 valence electrons. The van der Waals surface area contributed by atoms with Crippen LogP contribution in [0, 0.1) is 5.92 Å². The molecular weight excluding hydrogens is 186 g/mol. The second kappa shape index (κ2) is 6.15. The van der Waals surface area contributed by atoms with Crippen LogP contribution in [0.4, 0.5) is 0 Å². The minimum absolute atomic E-state index is 0.0992. The Morgan fingerprint density at radius 1 is 1.36 bits per heavy atom. The Hall–Kier alpha value is -1.36. The Morgan fingerprint density at radius 3 is 2.29 bits per heavy atom. The first kappa shape index (κ1) is 12.6. The SMILES string of the molecule is CC(C)[C@@H](CO)NC(=O)C=CC(=O)O. The van der Waals surface area contributed by atoms with Gasteiger partial charge in [0.15, 0.2) is 0 Å². The van der Waals surface area contributed by atoms with Crippen LogP contribution in [-0.4, -0.2) is 34.7 Å². The van der Waals surface area contributed by atoms with Gasteiger partial charge in [-0.05, 0) is 5.92 Å². The van der Waals surface area contributed by atoms with Crippen molar-refractivity contribution in [2.75, 3.05) is 6.61 Å². The van der Waals surface area contributed by atoms with Crippen LogP contribution in [0.5, 0.6) is 0 Å². The first-order chi connectivity index (χ1) is 6.47. The molecule has 0 aromatic carbocycles. The number of nitrogens with one attached hydrogen (secondary N) is 1. The monoisotopic (exact) mass is 201 g/mol. The topological polar surface area (TPSA) is 86.6 Å². The highest BCUT2D eigenvalue weighted by atomic mass is 16.4. The van der Waals surface area contributed by atoms with E-state index in [0.717, 1.165) is 12.2 Å². The molecule has 1 amide bonds. The van der Waals surface area contributed by atoms with Crippen molar-refractivity contribution in [3.05, 3.63) is 12.2 Å². The van der Waals surface area contributed by atoms with Crippen molar-refractivity contribution in [2.24, 2.45) is 5.92 Å². The van der Waals surface area contributed by atoms with Crippen molar-refractivity contribution in [1.82, 2.24) is 5.32 Å². The van der Waals surface area contributed by atoms with E-state index in [-0.39, 0.29) is 18.6 Å². The van der Waals surface area contributed by atoms with Crippen LogP contribution in [0.2, 0.25) is 0 Å². The highest BCUT2D eigenvalue weighted by molar-refractivity contribution is 5.93. The molecule has 0 heterocycles. The van der Waals surface area contributed by atoms with E-state index >= 15 is 0 Å². The maximum atomic E-state index is 11.0. The predicted molar refractivity (Wildman–Crippen MR) is 50.6 cm³/mol. The van der Waals surface area contributed by atoms with E-state index in [2.05, 4.69) is 5.32 Å². The van der Waals surface area contributed by atoms with Crippen molar-refractivity contribution in [3.63, 3.8) is 0 Å². The van der Waals surface area contributed by atoms with Crippen LogP contribution < -0.4 is 5.32 Å². The number of carboxylic acid groups (broad SMARTS) is 1. The van der Waals surface area contributed by atoms with Crippen molar-refractivity contribution < 1.29 is 19.8 Å². The van der Waals surface area contributed by atoms with Gasteiger partial charge in [0, 0.05) is 12.2 Å². The molecule has 0 aromatic rings. The Morgan fingerprint density at radius 2 is 1.93 bits per heavy atom. The molecule has 5 heteroatoms. The molecule has 0 saturated carbocycles. The number of aliphatic hydroxyl groups excluding tert-OH is 1. The fourth-order valence-corrected chi connectivity index (χ4v) is 0.801. The van der Waals surface area contributed by atoms with Gasteiger partial charge in [-0.2, -0.15) is 0 Å². The number of rotatable bonds is 5. The number of hydrogen-bond acceptors (Lipinski definition) is 3. The van der Waals surface area contributed by atoms with E-state index in [1.807, 2.05) is 13.8 Å². The maximum Gasteiger partial charge on any atom is 0.328 e. The highest BCUT2D eigenvalue weighted by Crippen LogP contribution is 1.99. The Balaban J connectivity index is 4.10. The quantitative estimate of drug-likeness (QED) is 0.536. The molecule has 0 saturated heterocycles. The summed E-state index contributed by atoms with van der Waals surface area (Å²) in [5, 5.41) is 19.6. The van der Waals surface area contributed by atoms with E-state index in [0.29, 0.717) is 0 Å². The van der Waals surface area contributed by atoms with E-state index < -0.39 is 11.9 Å². The lowest BCUT2D eigenvalue weighted by molar-refractivity contribution is -0.131. The van der Waals surface area contributed by atoms with E-state index in [4.69, 9.17) is 10.2 Å². The number of carboxylic acids is 1. The van der Waals surface area contributed by atoms with Crippen LogP contribution in [0.25, 0.3) is 0 Å². The Labute approximate surface area is 82.4 Å². The lowest BCUT2D eigenvalue weighted by Gasteiger charge is -2.18. The molecule has 0 aliphatic carbocycles. The molecule has 0 fully saturated rings. The molecule has 0 rings (SSSR count). The molecule has 14 heavy (non-hydrogen) atoms. The van der Waals surface area contributed by atoms with Gasteiger partial charge in [-0.25, -0.2) is 4.79 Å². The molecule has 0 radical (unpaired) electrons. The summed E-state index contributed by atoms with van der Waals surface area (Å²) in [6.45, 7) is 3.54. The summed E-state index contributed by atoms with van der Waals surface area (Å²) in [7, 11) is 0. The van der Waals surface area contributed by atoms with Crippen molar-refractivity contribution >= 4 is 11.9 Å². The number of amides is 1. The number of carbonyl (C=O) groups excluding carboxylic acids is 1. The third-order valence-electron chi connectivity index (χ3n) is 1.71. The first-order valence-electron chi connectivity index (χ1n) is 4.29. The predicted octanol–water partition coefficient (Wildman–Crippen LogP) is -0.240. The smallest absolute Gasteiger partial charge is 0.328 e. The van der Waals surface area contributed by atoms with Crippen LogP contribution in [0.15, 0.2) is 12.2 Å². The molecule has 1 atom stereocenters. The summed E-state index contributed by atoms with van der Waals surface area (Å²) in [5.74, 6) is -1.59. The maximum absolute atomic E-state index is 11.0. The summed E-state index contributed by atoms with van der Waals surface area (Å²) in [5.41, 5.74) is 0. The first-order valence-corrected chi connectivity index (χ1v) is 4.29. The molecule has 0 spiro atoms. The highest BCUT2D eigenvalue weighted by Gasteiger charge is 2.13. The van der Waals surface area contributed by atoms with Crippen LogP contribution >= 0.6 is 0 Å². The summed E-state index contributed by atoms with van der Waals surface area (Å²) in [6.07, 6.45) is 1.68. The normalized spacial score (nSPS) is 13.1. The van der Waals surface area contributed by atoms with Crippen molar-refractivity contribution in [1.29, 1.82) is 0 Å². The average Bonchev–Trinajstić information content (AvgIpc) is 2.10. The minimum Gasteiger partial charge on any atom is -0.478 e. The molecule has 0 bridgehead atoms. The average molecular weight is 201 g/mol.